The van der Waals surface area contributed by atoms with Crippen molar-refractivity contribution in [3.63, 3.8) is 0 Å². The molecule has 0 aliphatic heterocycles. The van der Waals surface area contributed by atoms with Crippen molar-refractivity contribution >= 4 is 17.6 Å². The molecule has 0 radical (unpaired) electrons. The number of benzene rings is 2. The Bertz CT molecular complexity index is 1000. The van der Waals surface area contributed by atoms with E-state index >= 15 is 0 Å². The average Bonchev–Trinajstić information content (AvgIpc) is 3.29. The van der Waals surface area contributed by atoms with Crippen LogP contribution in [0.4, 0.5) is 14.9 Å². The molecule has 0 atom stereocenters. The molecule has 7 heteroatoms. The number of carbonyl (C=O) groups excluding carboxylic acids is 2. The van der Waals surface area contributed by atoms with Gasteiger partial charge in [-0.3, -0.25) is 4.79 Å². The van der Waals surface area contributed by atoms with E-state index in [2.05, 4.69) is 5.32 Å². The lowest BCUT2D eigenvalue weighted by Crippen LogP contribution is -2.44. The van der Waals surface area contributed by atoms with Gasteiger partial charge in [0, 0.05) is 18.8 Å². The number of rotatable bonds is 9. The first kappa shape index (κ1) is 23.1. The molecule has 0 fully saturated rings. The second-order valence-corrected chi connectivity index (χ2v) is 7.67. The first-order chi connectivity index (χ1) is 15.4. The number of carbonyl (C=O) groups is 2. The van der Waals surface area contributed by atoms with E-state index < -0.39 is 0 Å². The van der Waals surface area contributed by atoms with Gasteiger partial charge in [-0.15, -0.1) is 0 Å². The molecule has 2 aromatic carbocycles. The first-order valence-corrected chi connectivity index (χ1v) is 10.6. The van der Waals surface area contributed by atoms with Gasteiger partial charge in [0.05, 0.1) is 12.8 Å². The highest BCUT2D eigenvalue weighted by Crippen LogP contribution is 2.14. The SMILES string of the molecule is CCCN(CC(=O)N(Cc1ccc(F)cc1)Cc1ccco1)C(=O)Nc1ccc(C)cc1. The number of anilines is 1. The molecule has 0 saturated heterocycles. The second kappa shape index (κ2) is 11.1. The fraction of sp³-hybridized carbons (Fsp3) is 0.280. The van der Waals surface area contributed by atoms with Crippen molar-refractivity contribution in [1.29, 1.82) is 0 Å². The number of hydrogen-bond donors (Lipinski definition) is 1. The summed E-state index contributed by atoms with van der Waals surface area (Å²) in [5, 5.41) is 2.86. The Kier molecular flexibility index (Phi) is 8.02. The van der Waals surface area contributed by atoms with Crippen LogP contribution in [0.2, 0.25) is 0 Å². The molecular formula is C25H28FN3O3. The number of amides is 3. The number of hydrogen-bond acceptors (Lipinski definition) is 3. The lowest BCUT2D eigenvalue weighted by atomic mass is 10.2. The van der Waals surface area contributed by atoms with Gasteiger partial charge in [-0.2, -0.15) is 0 Å². The van der Waals surface area contributed by atoms with Crippen molar-refractivity contribution in [1.82, 2.24) is 9.80 Å². The average molecular weight is 438 g/mol. The predicted molar refractivity (Wildman–Crippen MR) is 121 cm³/mol. The number of nitrogens with zero attached hydrogens (tertiary/aromatic N) is 2. The third kappa shape index (κ3) is 6.70. The van der Waals surface area contributed by atoms with Crippen LogP contribution < -0.4 is 5.32 Å². The maximum atomic E-state index is 13.3. The van der Waals surface area contributed by atoms with Crippen LogP contribution in [0.5, 0.6) is 0 Å². The monoisotopic (exact) mass is 437 g/mol. The van der Waals surface area contributed by atoms with Crippen molar-refractivity contribution in [2.75, 3.05) is 18.4 Å². The molecule has 3 aromatic rings. The Hall–Kier alpha value is -3.61. The number of aryl methyl sites for hydroxylation is 1. The number of furan rings is 1. The first-order valence-electron chi connectivity index (χ1n) is 10.6. The fourth-order valence-electron chi connectivity index (χ4n) is 3.26. The van der Waals surface area contributed by atoms with E-state index in [0.29, 0.717) is 24.4 Å². The zero-order valence-electron chi connectivity index (χ0n) is 18.4. The Morgan fingerprint density at radius 1 is 0.969 bits per heavy atom. The van der Waals surface area contributed by atoms with E-state index in [-0.39, 0.29) is 37.4 Å². The van der Waals surface area contributed by atoms with Crippen LogP contribution in [0.25, 0.3) is 0 Å². The summed E-state index contributed by atoms with van der Waals surface area (Å²) in [4.78, 5) is 29.2. The number of halogens is 1. The van der Waals surface area contributed by atoms with Gasteiger partial charge in [0.15, 0.2) is 0 Å². The molecule has 0 aliphatic rings. The highest BCUT2D eigenvalue weighted by molar-refractivity contribution is 5.92. The maximum Gasteiger partial charge on any atom is 0.322 e. The minimum Gasteiger partial charge on any atom is -0.467 e. The fourth-order valence-corrected chi connectivity index (χ4v) is 3.26. The van der Waals surface area contributed by atoms with Crippen molar-refractivity contribution < 1.29 is 18.4 Å². The van der Waals surface area contributed by atoms with Crippen LogP contribution in [-0.2, 0) is 17.9 Å². The van der Waals surface area contributed by atoms with Gasteiger partial charge in [0.2, 0.25) is 5.91 Å². The number of urea groups is 1. The van der Waals surface area contributed by atoms with E-state index in [1.54, 1.807) is 35.4 Å². The summed E-state index contributed by atoms with van der Waals surface area (Å²) < 4.78 is 18.7. The molecule has 3 amide bonds. The molecule has 1 aromatic heterocycles. The summed E-state index contributed by atoms with van der Waals surface area (Å²) in [6, 6.07) is 16.7. The molecule has 6 nitrogen and oxygen atoms in total. The maximum absolute atomic E-state index is 13.3. The van der Waals surface area contributed by atoms with E-state index in [1.807, 2.05) is 38.1 Å². The summed E-state index contributed by atoms with van der Waals surface area (Å²) >= 11 is 0. The molecular weight excluding hydrogens is 409 g/mol. The third-order valence-electron chi connectivity index (χ3n) is 4.98. The van der Waals surface area contributed by atoms with Crippen LogP contribution in [0.1, 0.15) is 30.2 Å². The molecule has 168 valence electrons. The molecule has 0 aliphatic carbocycles. The molecule has 0 saturated carbocycles. The van der Waals surface area contributed by atoms with Gasteiger partial charge in [0.25, 0.3) is 0 Å². The topological polar surface area (TPSA) is 65.8 Å². The lowest BCUT2D eigenvalue weighted by molar-refractivity contribution is -0.133. The summed E-state index contributed by atoms with van der Waals surface area (Å²) in [6.45, 7) is 4.82. The van der Waals surface area contributed by atoms with Crippen molar-refractivity contribution in [3.8, 4) is 0 Å². The van der Waals surface area contributed by atoms with Crippen LogP contribution in [0, 0.1) is 12.7 Å². The van der Waals surface area contributed by atoms with Crippen LogP contribution in [-0.4, -0.2) is 34.8 Å². The summed E-state index contributed by atoms with van der Waals surface area (Å²) in [6.07, 6.45) is 2.26. The normalized spacial score (nSPS) is 10.6. The molecule has 0 unspecified atom stereocenters. The standard InChI is InChI=1S/C25H28FN3O3/c1-3-14-28(25(31)27-22-12-6-19(2)7-13-22)18-24(30)29(17-23-5-4-15-32-23)16-20-8-10-21(26)11-9-20/h4-13,15H,3,14,16-18H2,1-2H3,(H,27,31). The zero-order valence-corrected chi connectivity index (χ0v) is 18.4. The lowest BCUT2D eigenvalue weighted by Gasteiger charge is -2.27. The molecule has 1 heterocycles. The van der Waals surface area contributed by atoms with E-state index in [1.165, 1.54) is 17.0 Å². The zero-order chi connectivity index (χ0) is 22.9. The van der Waals surface area contributed by atoms with Gasteiger partial charge < -0.3 is 19.5 Å². The second-order valence-electron chi connectivity index (χ2n) is 7.67. The Morgan fingerprint density at radius 3 is 2.31 bits per heavy atom. The van der Waals surface area contributed by atoms with Crippen LogP contribution in [0.3, 0.4) is 0 Å². The summed E-state index contributed by atoms with van der Waals surface area (Å²) in [5.41, 5.74) is 2.56. The van der Waals surface area contributed by atoms with E-state index in [9.17, 15) is 14.0 Å². The van der Waals surface area contributed by atoms with Gasteiger partial charge in [-0.05, 0) is 55.3 Å². The summed E-state index contributed by atoms with van der Waals surface area (Å²) in [7, 11) is 0. The minimum atomic E-state index is -0.334. The highest BCUT2D eigenvalue weighted by Gasteiger charge is 2.22. The van der Waals surface area contributed by atoms with E-state index in [4.69, 9.17) is 4.42 Å². The summed E-state index contributed by atoms with van der Waals surface area (Å²) in [5.74, 6) is 0.0735. The van der Waals surface area contributed by atoms with Crippen LogP contribution >= 0.6 is 0 Å². The Morgan fingerprint density at radius 2 is 1.69 bits per heavy atom. The quantitative estimate of drug-likeness (QED) is 0.500. The Labute approximate surface area is 187 Å². The highest BCUT2D eigenvalue weighted by atomic mass is 19.1. The van der Waals surface area contributed by atoms with Gasteiger partial charge in [-0.25, -0.2) is 9.18 Å². The van der Waals surface area contributed by atoms with Crippen molar-refractivity contribution in [2.24, 2.45) is 0 Å². The predicted octanol–water partition coefficient (Wildman–Crippen LogP) is 5.20. The molecule has 1 N–H and O–H groups in total. The molecule has 3 rings (SSSR count). The molecule has 32 heavy (non-hydrogen) atoms. The van der Waals surface area contributed by atoms with Crippen LogP contribution in [0.15, 0.2) is 71.3 Å². The number of nitrogens with one attached hydrogen (secondary N) is 1. The molecule has 0 spiro atoms. The molecule has 0 bridgehead atoms. The van der Waals surface area contributed by atoms with Gasteiger partial charge >= 0.3 is 6.03 Å². The largest absolute Gasteiger partial charge is 0.467 e. The van der Waals surface area contributed by atoms with E-state index in [0.717, 1.165) is 11.1 Å². The van der Waals surface area contributed by atoms with Crippen molar-refractivity contribution in [3.05, 3.63) is 89.6 Å². The third-order valence-corrected chi connectivity index (χ3v) is 4.98. The van der Waals surface area contributed by atoms with Crippen molar-refractivity contribution in [2.45, 2.75) is 33.4 Å². The van der Waals surface area contributed by atoms with Gasteiger partial charge in [0.1, 0.15) is 18.1 Å². The smallest absolute Gasteiger partial charge is 0.322 e. The minimum absolute atomic E-state index is 0.0760. The Balaban J connectivity index is 1.72. The van der Waals surface area contributed by atoms with Gasteiger partial charge in [-0.1, -0.05) is 36.8 Å².